The first-order valence-corrected chi connectivity index (χ1v) is 11.1. The van der Waals surface area contributed by atoms with Gasteiger partial charge in [0.05, 0.1) is 24.9 Å². The third-order valence-corrected chi connectivity index (χ3v) is 6.23. The molecule has 0 saturated carbocycles. The summed E-state index contributed by atoms with van der Waals surface area (Å²) in [6.45, 7) is -0.775. The van der Waals surface area contributed by atoms with Crippen molar-refractivity contribution >= 4 is 12.0 Å². The van der Waals surface area contributed by atoms with Crippen LogP contribution in [0, 0.1) is 11.8 Å². The van der Waals surface area contributed by atoms with E-state index in [4.69, 9.17) is 18.9 Å². The van der Waals surface area contributed by atoms with Crippen molar-refractivity contribution in [3.05, 3.63) is 59.9 Å². The quantitative estimate of drug-likeness (QED) is 0.159. The standard InChI is InChI=1S/C24H28O11/c25-10-17-20(29)21(30)22(31)24(34-17)35-23-19-13(9-16(27)15(19)7-8-32-23)11-33-18(28)6-3-12-1-4-14(26)5-2-12/h1-9,15-17,19-27,29-31H,10-11H2/b6-3+/t15-,16+,17+,19+,20+,21-,22+,23-,24?/m0/s1. The predicted molar refractivity (Wildman–Crippen MR) is 118 cm³/mol. The number of aliphatic hydroxyl groups is 5. The highest BCUT2D eigenvalue weighted by Crippen LogP contribution is 2.41. The molecule has 0 bridgehead atoms. The molecule has 1 aromatic rings. The topological polar surface area (TPSA) is 175 Å². The highest BCUT2D eigenvalue weighted by molar-refractivity contribution is 5.87. The van der Waals surface area contributed by atoms with Gasteiger partial charge >= 0.3 is 5.97 Å². The Morgan fingerprint density at radius 2 is 1.77 bits per heavy atom. The number of phenols is 1. The van der Waals surface area contributed by atoms with Gasteiger partial charge in [-0.05, 0) is 35.4 Å². The molecule has 9 atom stereocenters. The molecule has 2 heterocycles. The number of carbonyl (C=O) groups excluding carboxylic acids is 1. The van der Waals surface area contributed by atoms with Crippen LogP contribution in [0.4, 0.5) is 0 Å². The molecule has 11 heteroatoms. The minimum Gasteiger partial charge on any atom is -0.508 e. The van der Waals surface area contributed by atoms with E-state index < -0.39 is 67.5 Å². The monoisotopic (exact) mass is 492 g/mol. The van der Waals surface area contributed by atoms with E-state index >= 15 is 0 Å². The highest BCUT2D eigenvalue weighted by atomic mass is 16.8. The lowest BCUT2D eigenvalue weighted by Gasteiger charge is -2.42. The van der Waals surface area contributed by atoms with Gasteiger partial charge in [-0.1, -0.05) is 18.2 Å². The molecule has 3 aliphatic rings. The first kappa shape index (κ1) is 25.3. The molecule has 1 aliphatic carbocycles. The lowest BCUT2D eigenvalue weighted by atomic mass is 9.88. The Kier molecular flexibility index (Phi) is 7.87. The molecule has 4 rings (SSSR count). The Hall–Kier alpha value is -2.77. The Morgan fingerprint density at radius 3 is 2.49 bits per heavy atom. The van der Waals surface area contributed by atoms with E-state index in [1.54, 1.807) is 18.2 Å². The molecule has 0 spiro atoms. The van der Waals surface area contributed by atoms with Crippen LogP contribution in [0.15, 0.2) is 54.3 Å². The normalized spacial score (nSPS) is 36.5. The first-order chi connectivity index (χ1) is 16.8. The van der Waals surface area contributed by atoms with Crippen molar-refractivity contribution in [2.75, 3.05) is 13.2 Å². The molecule has 11 nitrogen and oxygen atoms in total. The van der Waals surface area contributed by atoms with Crippen molar-refractivity contribution in [2.24, 2.45) is 11.8 Å². The summed E-state index contributed by atoms with van der Waals surface area (Å²) in [6.07, 6.45) is -2.08. The highest BCUT2D eigenvalue weighted by Gasteiger charge is 2.49. The summed E-state index contributed by atoms with van der Waals surface area (Å²) >= 11 is 0. The summed E-state index contributed by atoms with van der Waals surface area (Å²) in [4.78, 5) is 12.2. The molecular weight excluding hydrogens is 464 g/mol. The minimum absolute atomic E-state index is 0.107. The zero-order chi connectivity index (χ0) is 25.1. The number of aliphatic hydroxyl groups excluding tert-OH is 5. The number of ether oxygens (including phenoxy) is 4. The van der Waals surface area contributed by atoms with E-state index in [1.807, 2.05) is 0 Å². The summed E-state index contributed by atoms with van der Waals surface area (Å²) in [5.41, 5.74) is 1.21. The van der Waals surface area contributed by atoms with Gasteiger partial charge < -0.3 is 49.6 Å². The Balaban J connectivity index is 1.40. The molecule has 0 aromatic heterocycles. The van der Waals surface area contributed by atoms with Crippen LogP contribution in [0.5, 0.6) is 5.75 Å². The van der Waals surface area contributed by atoms with Gasteiger partial charge in [0.15, 0.2) is 6.29 Å². The number of rotatable bonds is 7. The van der Waals surface area contributed by atoms with Crippen LogP contribution in [0.25, 0.3) is 6.08 Å². The molecular formula is C24H28O11. The van der Waals surface area contributed by atoms with Crippen molar-refractivity contribution in [1.29, 1.82) is 0 Å². The minimum atomic E-state index is -1.62. The smallest absolute Gasteiger partial charge is 0.331 e. The van der Waals surface area contributed by atoms with Crippen molar-refractivity contribution < 1.29 is 54.4 Å². The van der Waals surface area contributed by atoms with E-state index in [-0.39, 0.29) is 12.4 Å². The van der Waals surface area contributed by atoms with Crippen LogP contribution in [0.3, 0.4) is 0 Å². The second kappa shape index (κ2) is 10.9. The van der Waals surface area contributed by atoms with Gasteiger partial charge in [0.25, 0.3) is 0 Å². The molecule has 190 valence electrons. The van der Waals surface area contributed by atoms with Crippen LogP contribution >= 0.6 is 0 Å². The average molecular weight is 492 g/mol. The lowest BCUT2D eigenvalue weighted by Crippen LogP contribution is -2.60. The first-order valence-electron chi connectivity index (χ1n) is 11.1. The number of hydrogen-bond acceptors (Lipinski definition) is 11. The van der Waals surface area contributed by atoms with Crippen LogP contribution in [0.1, 0.15) is 5.56 Å². The Morgan fingerprint density at radius 1 is 1.03 bits per heavy atom. The maximum atomic E-state index is 12.2. The SMILES string of the molecule is O=C(/C=C/c1ccc(O)cc1)OCC1=C[C@@H](O)[C@@H]2C=CO[C@@H](OC3O[C@H](CO)[C@@H](O)[C@H](O)[C@H]3O)[C@H]12. The molecule has 35 heavy (non-hydrogen) atoms. The Labute approximate surface area is 200 Å². The maximum absolute atomic E-state index is 12.2. The molecule has 2 aliphatic heterocycles. The Bertz CT molecular complexity index is 970. The largest absolute Gasteiger partial charge is 0.508 e. The third kappa shape index (κ3) is 5.57. The molecule has 1 fully saturated rings. The summed E-state index contributed by atoms with van der Waals surface area (Å²) in [7, 11) is 0. The van der Waals surface area contributed by atoms with E-state index in [2.05, 4.69) is 0 Å². The number of fused-ring (bicyclic) bond motifs is 1. The van der Waals surface area contributed by atoms with Crippen molar-refractivity contribution in [3.8, 4) is 5.75 Å². The molecule has 0 amide bonds. The van der Waals surface area contributed by atoms with Crippen molar-refractivity contribution in [2.45, 2.75) is 43.1 Å². The molecule has 1 unspecified atom stereocenters. The van der Waals surface area contributed by atoms with Crippen LogP contribution in [0.2, 0.25) is 0 Å². The third-order valence-electron chi connectivity index (χ3n) is 6.23. The van der Waals surface area contributed by atoms with Gasteiger partial charge in [0.1, 0.15) is 36.8 Å². The van der Waals surface area contributed by atoms with Crippen LogP contribution < -0.4 is 0 Å². The average Bonchev–Trinajstić information content (AvgIpc) is 3.19. The van der Waals surface area contributed by atoms with E-state index in [9.17, 15) is 35.4 Å². The van der Waals surface area contributed by atoms with Gasteiger partial charge in [-0.3, -0.25) is 0 Å². The number of carbonyl (C=O) groups is 1. The van der Waals surface area contributed by atoms with Gasteiger partial charge in [0.2, 0.25) is 6.29 Å². The fourth-order valence-corrected chi connectivity index (χ4v) is 4.31. The number of benzene rings is 1. The van der Waals surface area contributed by atoms with E-state index in [1.165, 1.54) is 36.6 Å². The summed E-state index contributed by atoms with van der Waals surface area (Å²) < 4.78 is 22.0. The van der Waals surface area contributed by atoms with Gasteiger partial charge in [-0.15, -0.1) is 0 Å². The number of aromatic hydroxyl groups is 1. The molecule has 0 radical (unpaired) electrons. The second-order valence-electron chi connectivity index (χ2n) is 8.53. The summed E-state index contributed by atoms with van der Waals surface area (Å²) in [6, 6.07) is 6.24. The molecule has 6 N–H and O–H groups in total. The fourth-order valence-electron chi connectivity index (χ4n) is 4.31. The fraction of sp³-hybridized carbons (Fsp3) is 0.458. The van der Waals surface area contributed by atoms with E-state index in [0.29, 0.717) is 11.1 Å². The van der Waals surface area contributed by atoms with Crippen molar-refractivity contribution in [3.63, 3.8) is 0 Å². The number of esters is 1. The summed E-state index contributed by atoms with van der Waals surface area (Å²) in [5, 5.41) is 59.4. The van der Waals surface area contributed by atoms with Crippen molar-refractivity contribution in [1.82, 2.24) is 0 Å². The second-order valence-corrected chi connectivity index (χ2v) is 8.53. The van der Waals surface area contributed by atoms with Crippen LogP contribution in [-0.4, -0.2) is 92.9 Å². The van der Waals surface area contributed by atoms with E-state index in [0.717, 1.165) is 0 Å². The number of phenolic OH excluding ortho intramolecular Hbond substituents is 1. The predicted octanol–water partition coefficient (Wildman–Crippen LogP) is -0.832. The van der Waals surface area contributed by atoms with Gasteiger partial charge in [-0.2, -0.15) is 0 Å². The van der Waals surface area contributed by atoms with Gasteiger partial charge in [-0.25, -0.2) is 4.79 Å². The molecule has 1 aromatic carbocycles. The number of hydrogen-bond donors (Lipinski definition) is 6. The lowest BCUT2D eigenvalue weighted by molar-refractivity contribution is -0.339. The summed E-state index contributed by atoms with van der Waals surface area (Å²) in [5.74, 6) is -1.58. The van der Waals surface area contributed by atoms with Gasteiger partial charge in [0, 0.05) is 12.0 Å². The molecule has 1 saturated heterocycles. The maximum Gasteiger partial charge on any atom is 0.331 e. The zero-order valence-corrected chi connectivity index (χ0v) is 18.5. The zero-order valence-electron chi connectivity index (χ0n) is 18.5. The van der Waals surface area contributed by atoms with Crippen LogP contribution in [-0.2, 0) is 23.7 Å².